The lowest BCUT2D eigenvalue weighted by molar-refractivity contribution is 0.0933. The van der Waals surface area contributed by atoms with Crippen molar-refractivity contribution in [3.8, 4) is 11.3 Å². The molecule has 1 aromatic carbocycles. The second-order valence-electron chi connectivity index (χ2n) is 11.9. The van der Waals surface area contributed by atoms with Crippen LogP contribution in [0.2, 0.25) is 0 Å². The van der Waals surface area contributed by atoms with E-state index in [0.29, 0.717) is 24.9 Å². The summed E-state index contributed by atoms with van der Waals surface area (Å²) in [5, 5.41) is 25.4. The van der Waals surface area contributed by atoms with E-state index in [9.17, 15) is 9.90 Å². The fourth-order valence-corrected chi connectivity index (χ4v) is 5.00. The van der Waals surface area contributed by atoms with Crippen LogP contribution in [0.1, 0.15) is 87.1 Å². The second-order valence-corrected chi connectivity index (χ2v) is 11.9. The molecule has 11 nitrogen and oxygen atoms in total. The van der Waals surface area contributed by atoms with Gasteiger partial charge >= 0.3 is 0 Å². The van der Waals surface area contributed by atoms with E-state index < -0.39 is 0 Å². The van der Waals surface area contributed by atoms with Gasteiger partial charge in [-0.1, -0.05) is 32.9 Å². The number of carbonyl (C=O) groups is 1. The van der Waals surface area contributed by atoms with Gasteiger partial charge in [0.2, 0.25) is 17.6 Å². The van der Waals surface area contributed by atoms with E-state index in [1.54, 1.807) is 12.4 Å². The molecule has 4 aromatic rings. The van der Waals surface area contributed by atoms with Crippen molar-refractivity contribution in [3.63, 3.8) is 0 Å². The van der Waals surface area contributed by atoms with E-state index in [1.165, 1.54) is 0 Å². The largest absolute Gasteiger partial charge is 0.418 e. The van der Waals surface area contributed by atoms with Crippen molar-refractivity contribution in [2.45, 2.75) is 71.4 Å². The first-order valence-corrected chi connectivity index (χ1v) is 14.1. The number of β-amino-alcohol motifs (C(OH)–C–C–N with tert-alkyl or cyclic N) is 1. The quantitative estimate of drug-likeness (QED) is 0.273. The van der Waals surface area contributed by atoms with Crippen molar-refractivity contribution in [2.75, 3.05) is 25.0 Å². The highest BCUT2D eigenvalue weighted by Gasteiger charge is 2.29. The van der Waals surface area contributed by atoms with Crippen LogP contribution in [0.5, 0.6) is 0 Å². The molecule has 1 aliphatic heterocycles. The van der Waals surface area contributed by atoms with E-state index in [4.69, 9.17) is 9.40 Å². The molecule has 216 valence electrons. The standard InChI is InChI=1S/C30H38N8O3/c1-19(2)38-18-23(16-32-38)33-29-31-10-8-25(34-29)21-6-7-24-20(9-11-37(12-13-39)17-22(24)14-21)15-26(40)27-35-36-28(41-27)30(3,4)5/h6-8,10,14,16,18-20,39H,9,11-13,15,17H2,1-5H3,(H,31,33,34)/t20-/m0/s1. The lowest BCUT2D eigenvalue weighted by Gasteiger charge is -2.19. The maximum Gasteiger partial charge on any atom is 0.284 e. The zero-order valence-electron chi connectivity index (χ0n) is 24.3. The molecular weight excluding hydrogens is 520 g/mol. The smallest absolute Gasteiger partial charge is 0.284 e. The normalized spacial score (nSPS) is 16.0. The lowest BCUT2D eigenvalue weighted by atomic mass is 9.87. The molecule has 4 heterocycles. The van der Waals surface area contributed by atoms with Gasteiger partial charge in [0, 0.05) is 48.9 Å². The summed E-state index contributed by atoms with van der Waals surface area (Å²) < 4.78 is 7.61. The zero-order valence-corrected chi connectivity index (χ0v) is 24.3. The fourth-order valence-electron chi connectivity index (χ4n) is 5.00. The molecule has 1 atom stereocenters. The Morgan fingerprint density at radius 2 is 2.05 bits per heavy atom. The summed E-state index contributed by atoms with van der Waals surface area (Å²) in [4.78, 5) is 24.6. The van der Waals surface area contributed by atoms with Gasteiger partial charge in [0.05, 0.1) is 24.2 Å². The van der Waals surface area contributed by atoms with Gasteiger partial charge in [-0.2, -0.15) is 5.10 Å². The van der Waals surface area contributed by atoms with Gasteiger partial charge < -0.3 is 14.8 Å². The summed E-state index contributed by atoms with van der Waals surface area (Å²) in [5.41, 5.74) is 4.46. The van der Waals surface area contributed by atoms with Crippen molar-refractivity contribution < 1.29 is 14.3 Å². The number of aliphatic hydroxyl groups excluding tert-OH is 1. The number of nitrogens with zero attached hydrogens (tertiary/aromatic N) is 7. The predicted octanol–water partition coefficient (Wildman–Crippen LogP) is 4.90. The fraction of sp³-hybridized carbons (Fsp3) is 0.467. The molecular formula is C30H38N8O3. The van der Waals surface area contributed by atoms with Crippen molar-refractivity contribution in [2.24, 2.45) is 0 Å². The van der Waals surface area contributed by atoms with Gasteiger partial charge in [0.25, 0.3) is 5.89 Å². The van der Waals surface area contributed by atoms with Crippen LogP contribution in [0, 0.1) is 0 Å². The molecule has 0 radical (unpaired) electrons. The molecule has 41 heavy (non-hydrogen) atoms. The molecule has 0 unspecified atom stereocenters. The number of benzene rings is 1. The van der Waals surface area contributed by atoms with Crippen LogP contribution >= 0.6 is 0 Å². The van der Waals surface area contributed by atoms with Gasteiger partial charge in [0.15, 0.2) is 0 Å². The van der Waals surface area contributed by atoms with Crippen molar-refractivity contribution in [3.05, 3.63) is 65.8 Å². The molecule has 3 aromatic heterocycles. The number of aromatic nitrogens is 6. The molecule has 0 saturated carbocycles. The Balaban J connectivity index is 1.40. The number of ketones is 1. The number of aliphatic hydroxyl groups is 1. The number of carbonyl (C=O) groups excluding carboxylic acids is 1. The first-order valence-electron chi connectivity index (χ1n) is 14.1. The molecule has 0 amide bonds. The summed E-state index contributed by atoms with van der Waals surface area (Å²) in [6.07, 6.45) is 6.48. The lowest BCUT2D eigenvalue weighted by Crippen LogP contribution is -2.26. The number of Topliss-reactive ketones (excluding diaryl/α,β-unsaturated/α-hetero) is 1. The highest BCUT2D eigenvalue weighted by Crippen LogP contribution is 2.35. The van der Waals surface area contributed by atoms with Crippen molar-refractivity contribution in [1.82, 2.24) is 34.8 Å². The van der Waals surface area contributed by atoms with Gasteiger partial charge in [-0.3, -0.25) is 14.4 Å². The van der Waals surface area contributed by atoms with Crippen molar-refractivity contribution in [1.29, 1.82) is 0 Å². The van der Waals surface area contributed by atoms with Gasteiger partial charge in [-0.25, -0.2) is 9.97 Å². The van der Waals surface area contributed by atoms with Crippen LogP contribution in [-0.2, 0) is 12.0 Å². The van der Waals surface area contributed by atoms with Crippen molar-refractivity contribution >= 4 is 17.4 Å². The van der Waals surface area contributed by atoms with Crippen LogP contribution in [0.15, 0.2) is 47.3 Å². The summed E-state index contributed by atoms with van der Waals surface area (Å²) in [7, 11) is 0. The third-order valence-corrected chi connectivity index (χ3v) is 7.26. The van der Waals surface area contributed by atoms with E-state index in [-0.39, 0.29) is 42.1 Å². The summed E-state index contributed by atoms with van der Waals surface area (Å²) in [6.45, 7) is 12.1. The molecule has 0 aliphatic carbocycles. The SMILES string of the molecule is CC(C)n1cc(Nc2nccc(-c3ccc4c(c3)CN(CCO)CC[C@H]4CC(=O)c3nnc(C(C)(C)C)o3)n2)cn1. The van der Waals surface area contributed by atoms with Gasteiger partial charge in [0.1, 0.15) is 0 Å². The van der Waals surface area contributed by atoms with E-state index in [1.807, 2.05) is 43.8 Å². The molecule has 5 rings (SSSR count). The first-order chi connectivity index (χ1) is 19.6. The van der Waals surface area contributed by atoms with Crippen LogP contribution in [0.25, 0.3) is 11.3 Å². The maximum atomic E-state index is 13.2. The highest BCUT2D eigenvalue weighted by molar-refractivity contribution is 5.92. The number of rotatable bonds is 9. The predicted molar refractivity (Wildman–Crippen MR) is 155 cm³/mol. The van der Waals surface area contributed by atoms with Gasteiger partial charge in [-0.05, 0) is 56.0 Å². The Hall–Kier alpha value is -3.96. The minimum absolute atomic E-state index is 0.0136. The van der Waals surface area contributed by atoms with E-state index in [2.05, 4.69) is 56.5 Å². The molecule has 0 bridgehead atoms. The molecule has 0 spiro atoms. The minimum atomic E-state index is -0.325. The average molecular weight is 559 g/mol. The van der Waals surface area contributed by atoms with Crippen LogP contribution in [-0.4, -0.2) is 65.4 Å². The summed E-state index contributed by atoms with van der Waals surface area (Å²) in [5.74, 6) is 0.828. The third kappa shape index (κ3) is 6.68. The number of hydrogen-bond donors (Lipinski definition) is 2. The Bertz CT molecular complexity index is 1500. The Kier molecular flexibility index (Phi) is 8.27. The summed E-state index contributed by atoms with van der Waals surface area (Å²) >= 11 is 0. The number of anilines is 2. The monoisotopic (exact) mass is 558 g/mol. The molecule has 1 aliphatic rings. The topological polar surface area (TPSA) is 135 Å². The van der Waals surface area contributed by atoms with Crippen LogP contribution in [0.3, 0.4) is 0 Å². The Labute approximate surface area is 240 Å². The zero-order chi connectivity index (χ0) is 29.1. The van der Waals surface area contributed by atoms with E-state index >= 15 is 0 Å². The molecule has 11 heteroatoms. The van der Waals surface area contributed by atoms with Crippen LogP contribution in [0.4, 0.5) is 11.6 Å². The number of hydrogen-bond acceptors (Lipinski definition) is 10. The van der Waals surface area contributed by atoms with E-state index in [0.717, 1.165) is 41.0 Å². The number of fused-ring (bicyclic) bond motifs is 1. The van der Waals surface area contributed by atoms with Crippen LogP contribution < -0.4 is 5.32 Å². The number of nitrogens with one attached hydrogen (secondary N) is 1. The second kappa shape index (κ2) is 11.9. The Morgan fingerprint density at radius 1 is 1.22 bits per heavy atom. The third-order valence-electron chi connectivity index (χ3n) is 7.26. The van der Waals surface area contributed by atoms with Gasteiger partial charge in [-0.15, -0.1) is 10.2 Å². The Morgan fingerprint density at radius 3 is 2.76 bits per heavy atom. The minimum Gasteiger partial charge on any atom is -0.418 e. The summed E-state index contributed by atoms with van der Waals surface area (Å²) in [6, 6.07) is 8.42. The molecule has 2 N–H and O–H groups in total. The molecule has 0 fully saturated rings. The average Bonchev–Trinajstić information content (AvgIpc) is 3.59. The highest BCUT2D eigenvalue weighted by atomic mass is 16.4. The first kappa shape index (κ1) is 28.6. The molecule has 0 saturated heterocycles. The maximum absolute atomic E-state index is 13.2.